The molecule has 0 saturated carbocycles. The van der Waals surface area contributed by atoms with Gasteiger partial charge in [0.2, 0.25) is 5.91 Å². The number of halogens is 1. The summed E-state index contributed by atoms with van der Waals surface area (Å²) in [5.74, 6) is -0.708. The van der Waals surface area contributed by atoms with Crippen molar-refractivity contribution in [3.8, 4) is 0 Å². The third kappa shape index (κ3) is 4.09. The highest BCUT2D eigenvalue weighted by Gasteiger charge is 2.51. The second kappa shape index (κ2) is 6.99. The standard InChI is InChI=1S/C16H20FN3O4S/c17-10-4-3-5-11(8-10)18-14(21)7-2-1-6-13-15-12(9-25(13,23)24)19-16(22)20-15/h3-5,8,12-13,15H,1-2,6-7,9H2,(H,18,21)(H2,19,20,22)/t12-,13+,15+/m0/s1. The molecule has 3 atom stereocenters. The van der Waals surface area contributed by atoms with Crippen molar-refractivity contribution in [2.24, 2.45) is 0 Å². The molecular formula is C16H20FN3O4S. The number of anilines is 1. The van der Waals surface area contributed by atoms with Crippen LogP contribution in [0.1, 0.15) is 25.7 Å². The molecule has 0 aliphatic carbocycles. The Balaban J connectivity index is 1.45. The first-order chi connectivity index (χ1) is 11.8. The first-order valence-corrected chi connectivity index (χ1v) is 9.91. The summed E-state index contributed by atoms with van der Waals surface area (Å²) in [5.41, 5.74) is 0.394. The smallest absolute Gasteiger partial charge is 0.315 e. The van der Waals surface area contributed by atoms with Gasteiger partial charge in [0, 0.05) is 12.1 Å². The van der Waals surface area contributed by atoms with Crippen LogP contribution in [0, 0.1) is 5.82 Å². The molecule has 0 radical (unpaired) electrons. The average Bonchev–Trinajstić information content (AvgIpc) is 2.96. The van der Waals surface area contributed by atoms with Gasteiger partial charge in [-0.05, 0) is 31.0 Å². The molecule has 25 heavy (non-hydrogen) atoms. The summed E-state index contributed by atoms with van der Waals surface area (Å²) >= 11 is 0. The van der Waals surface area contributed by atoms with Crippen LogP contribution in [-0.4, -0.2) is 43.4 Å². The van der Waals surface area contributed by atoms with Crippen molar-refractivity contribution in [2.45, 2.75) is 43.0 Å². The fourth-order valence-electron chi connectivity index (χ4n) is 3.43. The van der Waals surface area contributed by atoms with Gasteiger partial charge in [0.25, 0.3) is 0 Å². The number of unbranched alkanes of at least 4 members (excludes halogenated alkanes) is 1. The second-order valence-electron chi connectivity index (χ2n) is 6.42. The molecule has 0 aromatic heterocycles. The van der Waals surface area contributed by atoms with Crippen LogP contribution in [0.15, 0.2) is 24.3 Å². The van der Waals surface area contributed by atoms with E-state index in [4.69, 9.17) is 0 Å². The van der Waals surface area contributed by atoms with Crippen LogP contribution in [0.5, 0.6) is 0 Å². The van der Waals surface area contributed by atoms with Crippen molar-refractivity contribution in [3.05, 3.63) is 30.1 Å². The minimum Gasteiger partial charge on any atom is -0.332 e. The summed E-state index contributed by atoms with van der Waals surface area (Å²) in [6, 6.07) is 4.56. The Morgan fingerprint density at radius 1 is 1.28 bits per heavy atom. The maximum absolute atomic E-state index is 13.1. The summed E-state index contributed by atoms with van der Waals surface area (Å²) < 4.78 is 37.4. The number of rotatable bonds is 6. The van der Waals surface area contributed by atoms with Gasteiger partial charge >= 0.3 is 6.03 Å². The maximum atomic E-state index is 13.1. The third-order valence-electron chi connectivity index (χ3n) is 4.57. The normalized spacial score (nSPS) is 26.6. The van der Waals surface area contributed by atoms with Gasteiger partial charge in [0.15, 0.2) is 9.84 Å². The highest BCUT2D eigenvalue weighted by molar-refractivity contribution is 7.92. The van der Waals surface area contributed by atoms with Gasteiger partial charge in [-0.15, -0.1) is 0 Å². The number of amides is 3. The molecule has 0 bridgehead atoms. The average molecular weight is 369 g/mol. The Labute approximate surface area is 145 Å². The molecule has 1 aromatic rings. The van der Waals surface area contributed by atoms with Crippen LogP contribution in [0.4, 0.5) is 14.9 Å². The van der Waals surface area contributed by atoms with Gasteiger partial charge in [-0.1, -0.05) is 12.5 Å². The Morgan fingerprint density at radius 3 is 2.84 bits per heavy atom. The predicted octanol–water partition coefficient (Wildman–Crippen LogP) is 1.17. The molecule has 3 amide bonds. The van der Waals surface area contributed by atoms with E-state index in [9.17, 15) is 22.4 Å². The van der Waals surface area contributed by atoms with Gasteiger partial charge in [-0.25, -0.2) is 17.6 Å². The number of benzene rings is 1. The molecule has 2 heterocycles. The van der Waals surface area contributed by atoms with Gasteiger partial charge in [0.05, 0.1) is 23.1 Å². The second-order valence-corrected chi connectivity index (χ2v) is 8.69. The van der Waals surface area contributed by atoms with E-state index in [0.717, 1.165) is 0 Å². The monoisotopic (exact) mass is 369 g/mol. The lowest BCUT2D eigenvalue weighted by atomic mass is 10.0. The van der Waals surface area contributed by atoms with E-state index in [0.29, 0.717) is 24.9 Å². The summed E-state index contributed by atoms with van der Waals surface area (Å²) in [7, 11) is -3.24. The van der Waals surface area contributed by atoms with E-state index >= 15 is 0 Å². The zero-order valence-electron chi connectivity index (χ0n) is 13.5. The van der Waals surface area contributed by atoms with Gasteiger partial charge in [-0.2, -0.15) is 0 Å². The van der Waals surface area contributed by atoms with Crippen LogP contribution in [-0.2, 0) is 14.6 Å². The Hall–Kier alpha value is -2.16. The van der Waals surface area contributed by atoms with Crippen molar-refractivity contribution in [1.29, 1.82) is 0 Å². The molecule has 3 rings (SSSR count). The lowest BCUT2D eigenvalue weighted by Crippen LogP contribution is -2.39. The summed E-state index contributed by atoms with van der Waals surface area (Å²) in [5, 5.41) is 7.28. The first-order valence-electron chi connectivity index (χ1n) is 8.19. The number of fused-ring (bicyclic) bond motifs is 1. The predicted molar refractivity (Wildman–Crippen MR) is 90.3 cm³/mol. The Bertz CT molecular complexity index is 783. The Kier molecular flexibility index (Phi) is 4.94. The van der Waals surface area contributed by atoms with E-state index in [2.05, 4.69) is 16.0 Å². The largest absolute Gasteiger partial charge is 0.332 e. The molecule has 2 aliphatic heterocycles. The minimum atomic E-state index is -3.24. The minimum absolute atomic E-state index is 0.0405. The van der Waals surface area contributed by atoms with E-state index in [1.54, 1.807) is 6.07 Å². The number of urea groups is 1. The van der Waals surface area contributed by atoms with Crippen LogP contribution in [0.2, 0.25) is 0 Å². The van der Waals surface area contributed by atoms with Gasteiger partial charge in [0.1, 0.15) is 5.82 Å². The van der Waals surface area contributed by atoms with Crippen LogP contribution >= 0.6 is 0 Å². The number of sulfone groups is 1. The van der Waals surface area contributed by atoms with Crippen molar-refractivity contribution in [3.63, 3.8) is 0 Å². The highest BCUT2D eigenvalue weighted by atomic mass is 32.2. The van der Waals surface area contributed by atoms with E-state index in [1.165, 1.54) is 18.2 Å². The molecule has 136 valence electrons. The van der Waals surface area contributed by atoms with E-state index in [1.807, 2.05) is 0 Å². The van der Waals surface area contributed by atoms with Crippen LogP contribution in [0.3, 0.4) is 0 Å². The molecule has 2 aliphatic rings. The van der Waals surface area contributed by atoms with Crippen molar-refractivity contribution < 1.29 is 22.4 Å². The van der Waals surface area contributed by atoms with Crippen molar-refractivity contribution in [1.82, 2.24) is 10.6 Å². The zero-order valence-corrected chi connectivity index (χ0v) is 14.3. The first kappa shape index (κ1) is 17.7. The Morgan fingerprint density at radius 2 is 2.08 bits per heavy atom. The molecule has 3 N–H and O–H groups in total. The fraction of sp³-hybridized carbons (Fsp3) is 0.500. The zero-order chi connectivity index (χ0) is 18.0. The SMILES string of the molecule is O=C(CCCC[C@@H]1[C@@H]2NC(=O)N[C@H]2CS1(=O)=O)Nc1cccc(F)c1. The van der Waals surface area contributed by atoms with E-state index in [-0.39, 0.29) is 30.2 Å². The molecule has 2 saturated heterocycles. The molecule has 2 fully saturated rings. The van der Waals surface area contributed by atoms with Gasteiger partial charge in [-0.3, -0.25) is 4.79 Å². The van der Waals surface area contributed by atoms with Crippen molar-refractivity contribution in [2.75, 3.05) is 11.1 Å². The molecule has 7 nitrogen and oxygen atoms in total. The highest BCUT2D eigenvalue weighted by Crippen LogP contribution is 2.28. The molecular weight excluding hydrogens is 349 g/mol. The summed E-state index contributed by atoms with van der Waals surface area (Å²) in [6.07, 6.45) is 1.70. The number of carbonyl (C=O) groups excluding carboxylic acids is 2. The van der Waals surface area contributed by atoms with Crippen molar-refractivity contribution >= 4 is 27.5 Å². The molecule has 9 heteroatoms. The quantitative estimate of drug-likeness (QED) is 0.517. The summed E-state index contributed by atoms with van der Waals surface area (Å²) in [4.78, 5) is 23.2. The fourth-order valence-corrected chi connectivity index (χ4v) is 5.70. The topological polar surface area (TPSA) is 104 Å². The lowest BCUT2D eigenvalue weighted by molar-refractivity contribution is -0.116. The third-order valence-corrected chi connectivity index (χ3v) is 6.85. The maximum Gasteiger partial charge on any atom is 0.315 e. The summed E-state index contributed by atoms with van der Waals surface area (Å²) in [6.45, 7) is 0. The number of hydrogen-bond donors (Lipinski definition) is 3. The van der Waals surface area contributed by atoms with Crippen LogP contribution < -0.4 is 16.0 Å². The lowest BCUT2D eigenvalue weighted by Gasteiger charge is -2.16. The molecule has 1 aromatic carbocycles. The van der Waals surface area contributed by atoms with Crippen LogP contribution in [0.25, 0.3) is 0 Å². The number of nitrogens with one attached hydrogen (secondary N) is 3. The number of hydrogen-bond acceptors (Lipinski definition) is 4. The molecule has 0 unspecified atom stereocenters. The molecule has 0 spiro atoms. The van der Waals surface area contributed by atoms with Gasteiger partial charge < -0.3 is 16.0 Å². The van der Waals surface area contributed by atoms with E-state index < -0.39 is 26.9 Å². The number of carbonyl (C=O) groups is 2.